The van der Waals surface area contributed by atoms with Crippen LogP contribution >= 0.6 is 11.3 Å². The van der Waals surface area contributed by atoms with Gasteiger partial charge in [0.05, 0.1) is 4.88 Å². The predicted molar refractivity (Wildman–Crippen MR) is 111 cm³/mol. The number of esters is 1. The quantitative estimate of drug-likeness (QED) is 0.508. The first-order valence-electron chi connectivity index (χ1n) is 9.15. The second-order valence-corrected chi connectivity index (χ2v) is 7.83. The number of anilines is 1. The van der Waals surface area contributed by atoms with Gasteiger partial charge in [-0.05, 0) is 43.3 Å². The molecule has 2 aromatic rings. The molecule has 1 heterocycles. The second kappa shape index (κ2) is 9.97. The van der Waals surface area contributed by atoms with Gasteiger partial charge in [0.1, 0.15) is 6.04 Å². The zero-order chi connectivity index (χ0) is 21.6. The minimum Gasteiger partial charge on any atom is -0.451 e. The third kappa shape index (κ3) is 6.25. The summed E-state index contributed by atoms with van der Waals surface area (Å²) in [6.45, 7) is 6.43. The van der Waals surface area contributed by atoms with Gasteiger partial charge in [-0.2, -0.15) is 0 Å². The van der Waals surface area contributed by atoms with Crippen LogP contribution in [0.2, 0.25) is 0 Å². The molecule has 7 nitrogen and oxygen atoms in total. The minimum atomic E-state index is -1.08. The van der Waals surface area contributed by atoms with Crippen LogP contribution in [-0.4, -0.2) is 35.7 Å². The second-order valence-electron chi connectivity index (χ2n) is 6.88. The maximum absolute atomic E-state index is 12.5. The van der Waals surface area contributed by atoms with Crippen LogP contribution in [0.1, 0.15) is 47.7 Å². The van der Waals surface area contributed by atoms with Crippen LogP contribution in [0.15, 0.2) is 41.8 Å². The van der Waals surface area contributed by atoms with Gasteiger partial charge >= 0.3 is 5.97 Å². The lowest BCUT2D eigenvalue weighted by Gasteiger charge is -2.22. The summed E-state index contributed by atoms with van der Waals surface area (Å²) in [6.07, 6.45) is -1.08. The summed E-state index contributed by atoms with van der Waals surface area (Å²) in [4.78, 5) is 49.1. The molecule has 2 rings (SSSR count). The number of ketones is 1. The molecular weight excluding hydrogens is 392 g/mol. The Hall–Kier alpha value is -3.00. The molecule has 2 N–H and O–H groups in total. The molecule has 29 heavy (non-hydrogen) atoms. The van der Waals surface area contributed by atoms with E-state index in [-0.39, 0.29) is 17.6 Å². The first-order chi connectivity index (χ1) is 13.7. The minimum absolute atomic E-state index is 0.123. The molecule has 0 fully saturated rings. The topological polar surface area (TPSA) is 102 Å². The maximum atomic E-state index is 12.5. The van der Waals surface area contributed by atoms with Gasteiger partial charge < -0.3 is 15.4 Å². The SMILES string of the molecule is CC(=O)c1cccc(NC(=O)[C@@H](C)OC(=O)[C@H](NC(=O)c2cccs2)C(C)C)c1. The third-order valence-corrected chi connectivity index (χ3v) is 5.02. The lowest BCUT2D eigenvalue weighted by Crippen LogP contribution is -2.47. The summed E-state index contributed by atoms with van der Waals surface area (Å²) in [5.41, 5.74) is 0.889. The lowest BCUT2D eigenvalue weighted by atomic mass is 10.0. The molecule has 0 saturated carbocycles. The molecule has 2 amide bonds. The highest BCUT2D eigenvalue weighted by molar-refractivity contribution is 7.12. The largest absolute Gasteiger partial charge is 0.451 e. The first-order valence-corrected chi connectivity index (χ1v) is 10.0. The highest BCUT2D eigenvalue weighted by Gasteiger charge is 2.29. The third-order valence-electron chi connectivity index (χ3n) is 4.15. The van der Waals surface area contributed by atoms with Crippen molar-refractivity contribution in [2.45, 2.75) is 39.8 Å². The highest BCUT2D eigenvalue weighted by Crippen LogP contribution is 2.14. The molecule has 8 heteroatoms. The van der Waals surface area contributed by atoms with Crippen LogP contribution in [0.4, 0.5) is 5.69 Å². The van der Waals surface area contributed by atoms with E-state index in [1.165, 1.54) is 25.2 Å². The Morgan fingerprint density at radius 3 is 2.34 bits per heavy atom. The van der Waals surface area contributed by atoms with Gasteiger partial charge in [0, 0.05) is 11.3 Å². The number of carbonyl (C=O) groups excluding carboxylic acids is 4. The number of nitrogens with one attached hydrogen (secondary N) is 2. The van der Waals surface area contributed by atoms with Crippen molar-refractivity contribution < 1.29 is 23.9 Å². The van der Waals surface area contributed by atoms with Gasteiger partial charge in [0.15, 0.2) is 11.9 Å². The molecule has 0 aliphatic carbocycles. The van der Waals surface area contributed by atoms with Gasteiger partial charge in [-0.25, -0.2) is 4.79 Å². The van der Waals surface area contributed by atoms with E-state index in [4.69, 9.17) is 4.74 Å². The molecule has 0 bridgehead atoms. The van der Waals surface area contributed by atoms with Crippen LogP contribution in [0.5, 0.6) is 0 Å². The molecule has 1 aromatic heterocycles. The number of ether oxygens (including phenoxy) is 1. The van der Waals surface area contributed by atoms with Gasteiger partial charge in [-0.1, -0.05) is 32.0 Å². The van der Waals surface area contributed by atoms with Crippen molar-refractivity contribution >= 4 is 40.6 Å². The standard InChI is InChI=1S/C21H24N2O5S/c1-12(2)18(23-20(26)17-9-6-10-29-17)21(27)28-14(4)19(25)22-16-8-5-7-15(11-16)13(3)24/h5-12,14,18H,1-4H3,(H,22,25)(H,23,26)/t14-,18-/m1/s1. The van der Waals surface area contributed by atoms with E-state index in [0.717, 1.165) is 0 Å². The summed E-state index contributed by atoms with van der Waals surface area (Å²) in [5.74, 6) is -1.94. The van der Waals surface area contributed by atoms with Gasteiger partial charge in [0.2, 0.25) is 0 Å². The Bertz CT molecular complexity index is 892. The average Bonchev–Trinajstić information content (AvgIpc) is 3.20. The van der Waals surface area contributed by atoms with Crippen LogP contribution in [0, 0.1) is 5.92 Å². The Morgan fingerprint density at radius 1 is 1.03 bits per heavy atom. The van der Waals surface area contributed by atoms with Crippen molar-refractivity contribution in [2.24, 2.45) is 5.92 Å². The van der Waals surface area contributed by atoms with Crippen LogP contribution in [-0.2, 0) is 14.3 Å². The summed E-state index contributed by atoms with van der Waals surface area (Å²) >= 11 is 1.27. The van der Waals surface area contributed by atoms with Crippen molar-refractivity contribution in [3.8, 4) is 0 Å². The number of carbonyl (C=O) groups is 4. The number of Topliss-reactive ketones (excluding diaryl/α,β-unsaturated/α-hetero) is 1. The highest BCUT2D eigenvalue weighted by atomic mass is 32.1. The molecule has 2 atom stereocenters. The van der Waals surface area contributed by atoms with Crippen molar-refractivity contribution in [1.82, 2.24) is 5.32 Å². The van der Waals surface area contributed by atoms with E-state index in [9.17, 15) is 19.2 Å². The van der Waals surface area contributed by atoms with Gasteiger partial charge in [-0.15, -0.1) is 11.3 Å². The first kappa shape index (κ1) is 22.3. The lowest BCUT2D eigenvalue weighted by molar-refractivity contribution is -0.156. The van der Waals surface area contributed by atoms with E-state index < -0.39 is 24.0 Å². The Kier molecular flexibility index (Phi) is 7.67. The number of thiophene rings is 1. The van der Waals surface area contributed by atoms with Crippen molar-refractivity contribution in [2.75, 3.05) is 5.32 Å². The fourth-order valence-electron chi connectivity index (χ4n) is 2.48. The number of amides is 2. The fourth-order valence-corrected chi connectivity index (χ4v) is 3.11. The van der Waals surface area contributed by atoms with Crippen molar-refractivity contribution in [3.63, 3.8) is 0 Å². The predicted octanol–water partition coefficient (Wildman–Crippen LogP) is 3.28. The molecule has 1 aromatic carbocycles. The molecule has 0 spiro atoms. The van der Waals surface area contributed by atoms with Crippen LogP contribution < -0.4 is 10.6 Å². The summed E-state index contributed by atoms with van der Waals surface area (Å²) in [6, 6.07) is 9.00. The monoisotopic (exact) mass is 416 g/mol. The zero-order valence-corrected chi connectivity index (χ0v) is 17.5. The maximum Gasteiger partial charge on any atom is 0.329 e. The fraction of sp³-hybridized carbons (Fsp3) is 0.333. The summed E-state index contributed by atoms with van der Waals surface area (Å²) < 4.78 is 5.27. The van der Waals surface area contributed by atoms with E-state index >= 15 is 0 Å². The van der Waals surface area contributed by atoms with Gasteiger partial charge in [0.25, 0.3) is 11.8 Å². The van der Waals surface area contributed by atoms with Gasteiger partial charge in [-0.3, -0.25) is 14.4 Å². The molecule has 154 valence electrons. The van der Waals surface area contributed by atoms with E-state index in [1.807, 2.05) is 0 Å². The Morgan fingerprint density at radius 2 is 1.76 bits per heavy atom. The molecule has 0 aliphatic heterocycles. The van der Waals surface area contributed by atoms with Crippen molar-refractivity contribution in [3.05, 3.63) is 52.2 Å². The van der Waals surface area contributed by atoms with E-state index in [0.29, 0.717) is 16.1 Å². The molecule has 0 radical (unpaired) electrons. The Balaban J connectivity index is 1.99. The number of benzene rings is 1. The van der Waals surface area contributed by atoms with Crippen LogP contribution in [0.3, 0.4) is 0 Å². The normalized spacial score (nSPS) is 12.7. The summed E-state index contributed by atoms with van der Waals surface area (Å²) in [7, 11) is 0. The molecule has 0 unspecified atom stereocenters. The molecular formula is C21H24N2O5S. The Labute approximate surface area is 173 Å². The summed E-state index contributed by atoms with van der Waals surface area (Å²) in [5, 5.41) is 7.05. The number of hydrogen-bond donors (Lipinski definition) is 2. The smallest absolute Gasteiger partial charge is 0.329 e. The zero-order valence-electron chi connectivity index (χ0n) is 16.7. The molecule has 0 saturated heterocycles. The van der Waals surface area contributed by atoms with E-state index in [1.54, 1.807) is 55.6 Å². The number of hydrogen-bond acceptors (Lipinski definition) is 6. The average molecular weight is 416 g/mol. The molecule has 0 aliphatic rings. The van der Waals surface area contributed by atoms with Crippen molar-refractivity contribution in [1.29, 1.82) is 0 Å². The number of rotatable bonds is 8. The van der Waals surface area contributed by atoms with Crippen LogP contribution in [0.25, 0.3) is 0 Å². The van der Waals surface area contributed by atoms with E-state index in [2.05, 4.69) is 10.6 Å².